The zero-order valence-corrected chi connectivity index (χ0v) is 14.8. The molecule has 1 fully saturated rings. The molecule has 3 rings (SSSR count). The second kappa shape index (κ2) is 7.16. The lowest BCUT2D eigenvalue weighted by molar-refractivity contribution is -0.127. The fourth-order valence-corrected chi connectivity index (χ4v) is 3.34. The van der Waals surface area contributed by atoms with Gasteiger partial charge >= 0.3 is 0 Å². The third kappa shape index (κ3) is 4.12. The van der Waals surface area contributed by atoms with Gasteiger partial charge in [0, 0.05) is 30.2 Å². The third-order valence-electron chi connectivity index (χ3n) is 3.44. The maximum Gasteiger partial charge on any atom is 0.294 e. The topological polar surface area (TPSA) is 71.4 Å². The van der Waals surface area contributed by atoms with Gasteiger partial charge in [-0.2, -0.15) is 0 Å². The van der Waals surface area contributed by atoms with E-state index in [4.69, 9.17) is 11.6 Å². The van der Waals surface area contributed by atoms with Crippen molar-refractivity contribution in [1.29, 1.82) is 0 Å². The first-order chi connectivity index (χ1) is 11.9. The van der Waals surface area contributed by atoms with E-state index in [0.29, 0.717) is 15.6 Å². The van der Waals surface area contributed by atoms with Crippen molar-refractivity contribution in [3.05, 3.63) is 58.2 Å². The minimum absolute atomic E-state index is 0.298. The van der Waals surface area contributed by atoms with Gasteiger partial charge in [-0.25, -0.2) is 0 Å². The molecule has 1 aliphatic heterocycles. The van der Waals surface area contributed by atoms with E-state index in [-0.39, 0.29) is 6.54 Å². The van der Waals surface area contributed by atoms with Crippen molar-refractivity contribution in [2.24, 2.45) is 7.05 Å². The van der Waals surface area contributed by atoms with Crippen molar-refractivity contribution < 1.29 is 14.4 Å². The number of nitrogens with one attached hydrogen (secondary N) is 1. The summed E-state index contributed by atoms with van der Waals surface area (Å²) in [6, 6.07) is 8.47. The van der Waals surface area contributed by atoms with E-state index < -0.39 is 17.1 Å². The number of amides is 3. The molecule has 0 atom stereocenters. The molecule has 3 amide bonds. The summed E-state index contributed by atoms with van der Waals surface area (Å²) in [5.74, 6) is -0.939. The molecule has 1 N–H and O–H groups in total. The van der Waals surface area contributed by atoms with E-state index in [2.05, 4.69) is 5.32 Å². The molecule has 8 heteroatoms. The smallest absolute Gasteiger partial charge is 0.294 e. The summed E-state index contributed by atoms with van der Waals surface area (Å²) >= 11 is 6.69. The summed E-state index contributed by atoms with van der Waals surface area (Å²) in [6.45, 7) is -0.344. The molecule has 2 aromatic rings. The van der Waals surface area contributed by atoms with Crippen LogP contribution in [0.15, 0.2) is 47.6 Å². The van der Waals surface area contributed by atoms with Gasteiger partial charge in [-0.05, 0) is 47.7 Å². The fraction of sp³-hybridized carbons (Fsp3) is 0.118. The average molecular weight is 376 g/mol. The molecule has 0 bridgehead atoms. The highest BCUT2D eigenvalue weighted by molar-refractivity contribution is 8.18. The van der Waals surface area contributed by atoms with Crippen LogP contribution in [0, 0.1) is 0 Å². The van der Waals surface area contributed by atoms with E-state index in [1.807, 2.05) is 30.1 Å². The molecule has 25 heavy (non-hydrogen) atoms. The Labute approximate surface area is 153 Å². The number of rotatable bonds is 4. The van der Waals surface area contributed by atoms with Gasteiger partial charge < -0.3 is 9.88 Å². The Hall–Kier alpha value is -2.51. The van der Waals surface area contributed by atoms with Crippen LogP contribution in [0.5, 0.6) is 0 Å². The molecular formula is C17H14ClN3O3S. The molecular weight excluding hydrogens is 362 g/mol. The van der Waals surface area contributed by atoms with E-state index in [0.717, 1.165) is 22.2 Å². The largest absolute Gasteiger partial charge is 0.357 e. The van der Waals surface area contributed by atoms with Gasteiger partial charge in [0.1, 0.15) is 6.54 Å². The van der Waals surface area contributed by atoms with Gasteiger partial charge in [0.15, 0.2) is 0 Å². The summed E-state index contributed by atoms with van der Waals surface area (Å²) in [5.41, 5.74) is 1.32. The van der Waals surface area contributed by atoms with Crippen LogP contribution in [0.1, 0.15) is 5.56 Å². The standard InChI is InChI=1S/C17H14ClN3O3S/c1-20-6-5-11(9-20)7-14-16(23)21(17(24)25-14)10-15(22)19-13-4-2-3-12(18)8-13/h2-9H,10H2,1H3,(H,19,22)/b14-7+. The highest BCUT2D eigenvalue weighted by atomic mass is 35.5. The lowest BCUT2D eigenvalue weighted by atomic mass is 10.3. The lowest BCUT2D eigenvalue weighted by Crippen LogP contribution is -2.36. The Balaban J connectivity index is 1.68. The zero-order chi connectivity index (χ0) is 18.0. The summed E-state index contributed by atoms with van der Waals surface area (Å²) in [7, 11) is 1.86. The molecule has 1 aromatic heterocycles. The minimum Gasteiger partial charge on any atom is -0.357 e. The van der Waals surface area contributed by atoms with Crippen molar-refractivity contribution in [2.75, 3.05) is 11.9 Å². The van der Waals surface area contributed by atoms with E-state index in [9.17, 15) is 14.4 Å². The van der Waals surface area contributed by atoms with Crippen molar-refractivity contribution >= 4 is 52.2 Å². The number of aryl methyl sites for hydroxylation is 1. The van der Waals surface area contributed by atoms with Gasteiger partial charge in [-0.3, -0.25) is 19.3 Å². The van der Waals surface area contributed by atoms with Crippen LogP contribution < -0.4 is 5.32 Å². The van der Waals surface area contributed by atoms with Crippen LogP contribution in [0.3, 0.4) is 0 Å². The molecule has 0 aliphatic carbocycles. The summed E-state index contributed by atoms with van der Waals surface area (Å²) in [4.78, 5) is 37.8. The predicted molar refractivity (Wildman–Crippen MR) is 98.2 cm³/mol. The number of thioether (sulfide) groups is 1. The Kier molecular flexibility index (Phi) is 4.96. The van der Waals surface area contributed by atoms with Crippen molar-refractivity contribution in [2.45, 2.75) is 0 Å². The van der Waals surface area contributed by atoms with Gasteiger partial charge in [0.25, 0.3) is 11.1 Å². The summed E-state index contributed by atoms with van der Waals surface area (Å²) in [5, 5.41) is 2.63. The molecule has 1 saturated heterocycles. The average Bonchev–Trinajstić information content (AvgIpc) is 3.06. The van der Waals surface area contributed by atoms with Gasteiger partial charge in [0.2, 0.25) is 5.91 Å². The number of nitrogens with zero attached hydrogens (tertiary/aromatic N) is 2. The number of hydrogen-bond donors (Lipinski definition) is 1. The lowest BCUT2D eigenvalue weighted by Gasteiger charge is -2.12. The normalized spacial score (nSPS) is 15.9. The fourth-order valence-electron chi connectivity index (χ4n) is 2.31. The number of benzene rings is 1. The number of imide groups is 1. The molecule has 0 spiro atoms. The van der Waals surface area contributed by atoms with Gasteiger partial charge in [-0.1, -0.05) is 17.7 Å². The number of hydrogen-bond acceptors (Lipinski definition) is 4. The van der Waals surface area contributed by atoms with Gasteiger partial charge in [0.05, 0.1) is 4.91 Å². The number of carbonyl (C=O) groups excluding carboxylic acids is 3. The maximum absolute atomic E-state index is 12.4. The Morgan fingerprint density at radius 3 is 2.80 bits per heavy atom. The molecule has 0 saturated carbocycles. The number of halogens is 1. The highest BCUT2D eigenvalue weighted by Gasteiger charge is 2.36. The second-order valence-corrected chi connectivity index (χ2v) is 6.87. The van der Waals surface area contributed by atoms with Crippen molar-refractivity contribution in [3.63, 3.8) is 0 Å². The predicted octanol–water partition coefficient (Wildman–Crippen LogP) is 3.35. The molecule has 6 nitrogen and oxygen atoms in total. The SMILES string of the molecule is Cn1ccc(/C=C2/SC(=O)N(CC(=O)Nc3cccc(Cl)c3)C2=O)c1. The minimum atomic E-state index is -0.472. The number of carbonyl (C=O) groups is 3. The van der Waals surface area contributed by atoms with Crippen LogP contribution in [-0.2, 0) is 16.6 Å². The van der Waals surface area contributed by atoms with E-state index in [1.54, 1.807) is 30.3 Å². The number of aromatic nitrogens is 1. The Morgan fingerprint density at radius 2 is 2.12 bits per heavy atom. The first-order valence-corrected chi connectivity index (χ1v) is 8.54. The summed E-state index contributed by atoms with van der Waals surface area (Å²) in [6.07, 6.45) is 5.31. The monoisotopic (exact) mass is 375 g/mol. The molecule has 1 aliphatic rings. The molecule has 1 aromatic carbocycles. The second-order valence-electron chi connectivity index (χ2n) is 5.44. The zero-order valence-electron chi connectivity index (χ0n) is 13.2. The molecule has 0 unspecified atom stereocenters. The third-order valence-corrected chi connectivity index (χ3v) is 4.58. The first kappa shape index (κ1) is 17.3. The number of anilines is 1. The Bertz CT molecular complexity index is 891. The molecule has 0 radical (unpaired) electrons. The van der Waals surface area contributed by atoms with Crippen LogP contribution in [-0.4, -0.2) is 33.1 Å². The Morgan fingerprint density at radius 1 is 1.32 bits per heavy atom. The van der Waals surface area contributed by atoms with E-state index in [1.165, 1.54) is 0 Å². The quantitative estimate of drug-likeness (QED) is 0.832. The summed E-state index contributed by atoms with van der Waals surface area (Å²) < 4.78 is 1.84. The maximum atomic E-state index is 12.4. The highest BCUT2D eigenvalue weighted by Crippen LogP contribution is 2.32. The van der Waals surface area contributed by atoms with Gasteiger partial charge in [-0.15, -0.1) is 0 Å². The van der Waals surface area contributed by atoms with Crippen LogP contribution in [0.2, 0.25) is 5.02 Å². The van der Waals surface area contributed by atoms with Crippen molar-refractivity contribution in [3.8, 4) is 0 Å². The van der Waals surface area contributed by atoms with Crippen LogP contribution in [0.4, 0.5) is 10.5 Å². The first-order valence-electron chi connectivity index (χ1n) is 7.35. The van der Waals surface area contributed by atoms with E-state index >= 15 is 0 Å². The van der Waals surface area contributed by atoms with Crippen molar-refractivity contribution in [1.82, 2.24) is 9.47 Å². The van der Waals surface area contributed by atoms with Crippen LogP contribution >= 0.6 is 23.4 Å². The molecule has 128 valence electrons. The molecule has 2 heterocycles. The van der Waals surface area contributed by atoms with Crippen LogP contribution in [0.25, 0.3) is 6.08 Å².